The van der Waals surface area contributed by atoms with Crippen LogP contribution in [-0.4, -0.2) is 27.6 Å². The minimum atomic E-state index is -0.0453. The van der Waals surface area contributed by atoms with Crippen LogP contribution < -0.4 is 0 Å². The van der Waals surface area contributed by atoms with Gasteiger partial charge >= 0.3 is 0 Å². The van der Waals surface area contributed by atoms with Crippen LogP contribution in [0, 0.1) is 0 Å². The topological polar surface area (TPSA) is 60.8 Å². The molecule has 0 aromatic heterocycles. The van der Waals surface area contributed by atoms with Gasteiger partial charge in [-0.2, -0.15) is 0 Å². The molecule has 2 N–H and O–H groups in total. The number of phenols is 2. The number of aromatic hydroxyl groups is 2. The number of nitrogens with zero attached hydrogens (tertiary/aromatic N) is 1. The lowest BCUT2D eigenvalue weighted by Gasteiger charge is -2.15. The molecule has 1 heterocycles. The summed E-state index contributed by atoms with van der Waals surface area (Å²) in [6.07, 6.45) is 0.695. The minimum absolute atomic E-state index is 0.0453. The number of hydrogen-bond acceptors (Lipinski definition) is 3. The molecule has 0 bridgehead atoms. The summed E-state index contributed by atoms with van der Waals surface area (Å²) in [4.78, 5) is 14.0. The van der Waals surface area contributed by atoms with Crippen molar-refractivity contribution in [3.63, 3.8) is 0 Å². The largest absolute Gasteiger partial charge is 0.508 e. The number of hydrogen-bond donors (Lipinski definition) is 2. The lowest BCUT2D eigenvalue weighted by atomic mass is 10.1. The summed E-state index contributed by atoms with van der Waals surface area (Å²) in [5, 5.41) is 18.9. The van der Waals surface area contributed by atoms with Crippen molar-refractivity contribution in [2.24, 2.45) is 0 Å². The van der Waals surface area contributed by atoms with Gasteiger partial charge in [-0.15, -0.1) is 0 Å². The van der Waals surface area contributed by atoms with E-state index in [0.29, 0.717) is 25.1 Å². The van der Waals surface area contributed by atoms with Crippen LogP contribution in [0.15, 0.2) is 42.5 Å². The summed E-state index contributed by atoms with van der Waals surface area (Å²) in [6, 6.07) is 12.0. The Kier molecular flexibility index (Phi) is 3.06. The van der Waals surface area contributed by atoms with Crippen LogP contribution in [-0.2, 0) is 13.0 Å². The number of carbonyl (C=O) groups excluding carboxylic acids is 1. The number of amides is 1. The van der Waals surface area contributed by atoms with Crippen LogP contribution in [0.4, 0.5) is 0 Å². The smallest absolute Gasteiger partial charge is 0.254 e. The summed E-state index contributed by atoms with van der Waals surface area (Å²) in [6.45, 7) is 1.17. The van der Waals surface area contributed by atoms with Gasteiger partial charge in [-0.1, -0.05) is 18.2 Å². The van der Waals surface area contributed by atoms with Crippen LogP contribution >= 0.6 is 0 Å². The van der Waals surface area contributed by atoms with Crippen molar-refractivity contribution in [3.05, 3.63) is 59.2 Å². The fourth-order valence-corrected chi connectivity index (χ4v) is 2.51. The Labute approximate surface area is 116 Å². The predicted octanol–water partition coefficient (Wildman–Crippen LogP) is 2.30. The zero-order valence-electron chi connectivity index (χ0n) is 10.9. The van der Waals surface area contributed by atoms with Crippen LogP contribution in [0.2, 0.25) is 0 Å². The van der Waals surface area contributed by atoms with E-state index in [4.69, 9.17) is 0 Å². The van der Waals surface area contributed by atoms with Gasteiger partial charge in [0.2, 0.25) is 0 Å². The summed E-state index contributed by atoms with van der Waals surface area (Å²) in [5.41, 5.74) is 2.53. The van der Waals surface area contributed by atoms with E-state index in [2.05, 4.69) is 0 Å². The first-order valence-electron chi connectivity index (χ1n) is 6.52. The molecular weight excluding hydrogens is 254 g/mol. The standard InChI is InChI=1S/C16H15NO3/c18-13-3-1-2-11(8-13)6-7-17-10-12-4-5-14(19)9-15(12)16(17)20/h1-5,8-9,18-19H,6-7,10H2. The van der Waals surface area contributed by atoms with Gasteiger partial charge in [0.1, 0.15) is 11.5 Å². The summed E-state index contributed by atoms with van der Waals surface area (Å²) in [5.74, 6) is 0.312. The molecular formula is C16H15NO3. The maximum atomic E-state index is 12.2. The third-order valence-electron chi connectivity index (χ3n) is 3.55. The van der Waals surface area contributed by atoms with Gasteiger partial charge in [0.15, 0.2) is 0 Å². The molecule has 4 nitrogen and oxygen atoms in total. The molecule has 0 aliphatic carbocycles. The van der Waals surface area contributed by atoms with Crippen molar-refractivity contribution in [2.75, 3.05) is 6.54 Å². The number of phenolic OH excluding ortho intramolecular Hbond substituents is 2. The lowest BCUT2D eigenvalue weighted by molar-refractivity contribution is 0.0780. The second-order valence-electron chi connectivity index (χ2n) is 4.99. The van der Waals surface area contributed by atoms with Crippen molar-refractivity contribution >= 4 is 5.91 Å². The second-order valence-corrected chi connectivity index (χ2v) is 4.99. The van der Waals surface area contributed by atoms with E-state index < -0.39 is 0 Å². The predicted molar refractivity (Wildman–Crippen MR) is 74.7 cm³/mol. The van der Waals surface area contributed by atoms with Gasteiger partial charge in [0.25, 0.3) is 5.91 Å². The molecule has 0 spiro atoms. The van der Waals surface area contributed by atoms with Gasteiger partial charge in [-0.3, -0.25) is 4.79 Å². The Morgan fingerprint density at radius 1 is 1.05 bits per heavy atom. The summed E-state index contributed by atoms with van der Waals surface area (Å²) >= 11 is 0. The highest BCUT2D eigenvalue weighted by molar-refractivity contribution is 5.98. The summed E-state index contributed by atoms with van der Waals surface area (Å²) < 4.78 is 0. The molecule has 1 aliphatic rings. The first kappa shape index (κ1) is 12.5. The van der Waals surface area contributed by atoms with E-state index >= 15 is 0 Å². The third kappa shape index (κ3) is 2.32. The van der Waals surface area contributed by atoms with E-state index in [1.807, 2.05) is 6.07 Å². The molecule has 0 unspecified atom stereocenters. The fourth-order valence-electron chi connectivity index (χ4n) is 2.51. The Bertz CT molecular complexity index is 667. The molecule has 0 atom stereocenters. The normalized spacial score (nSPS) is 13.6. The van der Waals surface area contributed by atoms with Crippen molar-refractivity contribution in [1.82, 2.24) is 4.90 Å². The monoisotopic (exact) mass is 269 g/mol. The summed E-state index contributed by atoms with van der Waals surface area (Å²) in [7, 11) is 0. The Balaban J connectivity index is 1.70. The Hall–Kier alpha value is -2.49. The highest BCUT2D eigenvalue weighted by Crippen LogP contribution is 2.26. The highest BCUT2D eigenvalue weighted by Gasteiger charge is 2.27. The number of benzene rings is 2. The first-order valence-corrected chi connectivity index (χ1v) is 6.52. The maximum absolute atomic E-state index is 12.2. The van der Waals surface area contributed by atoms with Crippen molar-refractivity contribution in [1.29, 1.82) is 0 Å². The van der Waals surface area contributed by atoms with Crippen LogP contribution in [0.5, 0.6) is 11.5 Å². The van der Waals surface area contributed by atoms with Gasteiger partial charge in [-0.25, -0.2) is 0 Å². The fraction of sp³-hybridized carbons (Fsp3) is 0.188. The molecule has 4 heteroatoms. The third-order valence-corrected chi connectivity index (χ3v) is 3.55. The molecule has 0 radical (unpaired) electrons. The van der Waals surface area contributed by atoms with E-state index in [0.717, 1.165) is 11.1 Å². The molecule has 2 aromatic rings. The molecule has 3 rings (SSSR count). The average molecular weight is 269 g/mol. The molecule has 0 saturated heterocycles. The van der Waals surface area contributed by atoms with E-state index in [9.17, 15) is 15.0 Å². The maximum Gasteiger partial charge on any atom is 0.254 e. The van der Waals surface area contributed by atoms with Gasteiger partial charge in [0, 0.05) is 18.7 Å². The van der Waals surface area contributed by atoms with Crippen molar-refractivity contribution in [3.8, 4) is 11.5 Å². The number of fused-ring (bicyclic) bond motifs is 1. The lowest BCUT2D eigenvalue weighted by Crippen LogP contribution is -2.26. The van der Waals surface area contributed by atoms with Gasteiger partial charge < -0.3 is 15.1 Å². The first-order chi connectivity index (χ1) is 9.63. The van der Waals surface area contributed by atoms with Crippen LogP contribution in [0.3, 0.4) is 0 Å². The van der Waals surface area contributed by atoms with Crippen molar-refractivity contribution in [2.45, 2.75) is 13.0 Å². The molecule has 1 aliphatic heterocycles. The molecule has 1 amide bonds. The molecule has 0 saturated carbocycles. The number of rotatable bonds is 3. The molecule has 0 fully saturated rings. The highest BCUT2D eigenvalue weighted by atomic mass is 16.3. The second kappa shape index (κ2) is 4.89. The quantitative estimate of drug-likeness (QED) is 0.898. The van der Waals surface area contributed by atoms with Crippen molar-refractivity contribution < 1.29 is 15.0 Å². The van der Waals surface area contributed by atoms with Gasteiger partial charge in [0.05, 0.1) is 0 Å². The Morgan fingerprint density at radius 2 is 1.85 bits per heavy atom. The van der Waals surface area contributed by atoms with E-state index in [-0.39, 0.29) is 17.4 Å². The molecule has 20 heavy (non-hydrogen) atoms. The van der Waals surface area contributed by atoms with E-state index in [1.54, 1.807) is 35.2 Å². The Morgan fingerprint density at radius 3 is 2.65 bits per heavy atom. The minimum Gasteiger partial charge on any atom is -0.508 e. The van der Waals surface area contributed by atoms with E-state index in [1.165, 1.54) is 6.07 Å². The van der Waals surface area contributed by atoms with Crippen LogP contribution in [0.25, 0.3) is 0 Å². The zero-order valence-corrected chi connectivity index (χ0v) is 10.9. The zero-order chi connectivity index (χ0) is 14.1. The van der Waals surface area contributed by atoms with Crippen LogP contribution in [0.1, 0.15) is 21.5 Å². The molecule has 2 aromatic carbocycles. The molecule has 102 valence electrons. The number of carbonyl (C=O) groups is 1. The average Bonchev–Trinajstić information content (AvgIpc) is 2.73. The SMILES string of the molecule is O=C1c2cc(O)ccc2CN1CCc1cccc(O)c1. The van der Waals surface area contributed by atoms with Gasteiger partial charge in [-0.05, 0) is 41.8 Å².